The van der Waals surface area contributed by atoms with Gasteiger partial charge in [0.05, 0.1) is 18.6 Å². The Balaban J connectivity index is 2.07. The molecule has 8 heteroatoms. The molecule has 4 N–H and O–H groups in total. The fraction of sp³-hybridized carbons (Fsp3) is 0.154. The summed E-state index contributed by atoms with van der Waals surface area (Å²) in [6.45, 7) is 0.394. The number of benzene rings is 1. The molecule has 0 saturated carbocycles. The maximum atomic E-state index is 11.3. The third kappa shape index (κ3) is 3.83. The van der Waals surface area contributed by atoms with Crippen LogP contribution in [0.15, 0.2) is 41.3 Å². The molecule has 21 heavy (non-hydrogen) atoms. The van der Waals surface area contributed by atoms with E-state index in [2.05, 4.69) is 15.0 Å². The van der Waals surface area contributed by atoms with Gasteiger partial charge in [0.2, 0.25) is 10.0 Å². The van der Waals surface area contributed by atoms with Crippen LogP contribution < -0.4 is 10.5 Å². The molecule has 0 unspecified atom stereocenters. The van der Waals surface area contributed by atoms with E-state index in [0.29, 0.717) is 17.9 Å². The van der Waals surface area contributed by atoms with Gasteiger partial charge in [-0.1, -0.05) is 6.07 Å². The van der Waals surface area contributed by atoms with Crippen LogP contribution in [0.1, 0.15) is 16.2 Å². The number of aromatic amines is 1. The van der Waals surface area contributed by atoms with Gasteiger partial charge in [0, 0.05) is 11.4 Å². The van der Waals surface area contributed by atoms with Crippen LogP contribution in [0.3, 0.4) is 0 Å². The molecule has 0 spiro atoms. The Morgan fingerprint density at radius 2 is 2.10 bits per heavy atom. The summed E-state index contributed by atoms with van der Waals surface area (Å²) in [4.78, 5) is 14.2. The average molecular weight is 309 g/mol. The van der Waals surface area contributed by atoms with Gasteiger partial charge in [0.15, 0.2) is 0 Å². The molecular weight excluding hydrogens is 294 g/mol. The van der Waals surface area contributed by atoms with Crippen molar-refractivity contribution in [2.24, 2.45) is 5.14 Å². The van der Waals surface area contributed by atoms with E-state index < -0.39 is 16.0 Å². The second kappa shape index (κ2) is 5.98. The van der Waals surface area contributed by atoms with E-state index in [1.807, 2.05) is 0 Å². The third-order valence-corrected chi connectivity index (χ3v) is 3.71. The number of sulfonamides is 1. The lowest BCUT2D eigenvalue weighted by Gasteiger charge is -2.06. The van der Waals surface area contributed by atoms with Crippen LogP contribution >= 0.6 is 0 Å². The second-order valence-electron chi connectivity index (χ2n) is 4.32. The zero-order chi connectivity index (χ0) is 15.5. The third-order valence-electron chi connectivity index (χ3n) is 2.80. The minimum Gasteiger partial charge on any atom is -0.464 e. The Kier molecular flexibility index (Phi) is 4.29. The highest BCUT2D eigenvalue weighted by atomic mass is 32.2. The smallest absolute Gasteiger partial charge is 0.354 e. The molecule has 1 heterocycles. The number of esters is 1. The molecule has 0 radical (unpaired) electrons. The first kappa shape index (κ1) is 15.1. The molecule has 7 nitrogen and oxygen atoms in total. The number of H-pyrrole nitrogens is 1. The van der Waals surface area contributed by atoms with Crippen molar-refractivity contribution in [3.63, 3.8) is 0 Å². The second-order valence-corrected chi connectivity index (χ2v) is 5.88. The summed E-state index contributed by atoms with van der Waals surface area (Å²) in [5, 5.41) is 8.11. The highest BCUT2D eigenvalue weighted by Crippen LogP contribution is 2.15. The van der Waals surface area contributed by atoms with Crippen LogP contribution in [0.4, 0.5) is 5.69 Å². The Morgan fingerprint density at radius 3 is 2.76 bits per heavy atom. The van der Waals surface area contributed by atoms with Gasteiger partial charge in [-0.3, -0.25) is 0 Å². The van der Waals surface area contributed by atoms with Crippen LogP contribution in [0.2, 0.25) is 0 Å². The first-order valence-corrected chi connectivity index (χ1v) is 7.58. The largest absolute Gasteiger partial charge is 0.464 e. The normalized spacial score (nSPS) is 11.1. The van der Waals surface area contributed by atoms with Gasteiger partial charge >= 0.3 is 5.97 Å². The molecule has 2 rings (SSSR count). The summed E-state index contributed by atoms with van der Waals surface area (Å²) in [5.41, 5.74) is 1.72. The molecule has 0 aliphatic rings. The monoisotopic (exact) mass is 309 g/mol. The Labute approximate surface area is 122 Å². The number of carbonyl (C=O) groups is 1. The average Bonchev–Trinajstić information content (AvgIpc) is 2.92. The fourth-order valence-electron chi connectivity index (χ4n) is 1.75. The predicted octanol–water partition coefficient (Wildman–Crippen LogP) is 1.06. The number of ether oxygens (including phenoxy) is 1. The van der Waals surface area contributed by atoms with Crippen LogP contribution in [0.5, 0.6) is 0 Å². The molecule has 0 bridgehead atoms. The molecule has 0 atom stereocenters. The first-order valence-electron chi connectivity index (χ1n) is 6.03. The van der Waals surface area contributed by atoms with Crippen molar-refractivity contribution in [3.8, 4) is 0 Å². The van der Waals surface area contributed by atoms with Crippen molar-refractivity contribution in [1.82, 2.24) is 4.98 Å². The minimum absolute atomic E-state index is 0.0363. The lowest BCUT2D eigenvalue weighted by molar-refractivity contribution is 0.0594. The van der Waals surface area contributed by atoms with Gasteiger partial charge in [-0.05, 0) is 30.3 Å². The fourth-order valence-corrected chi connectivity index (χ4v) is 2.31. The number of hydrogen-bond acceptors (Lipinski definition) is 5. The molecule has 0 fully saturated rings. The van der Waals surface area contributed by atoms with E-state index in [9.17, 15) is 13.2 Å². The molecule has 112 valence electrons. The van der Waals surface area contributed by atoms with Crippen LogP contribution in [-0.4, -0.2) is 26.5 Å². The van der Waals surface area contributed by atoms with Gasteiger partial charge in [-0.15, -0.1) is 0 Å². The number of hydrogen-bond donors (Lipinski definition) is 3. The van der Waals surface area contributed by atoms with Gasteiger partial charge in [0.1, 0.15) is 5.69 Å². The van der Waals surface area contributed by atoms with Crippen LogP contribution in [-0.2, 0) is 21.3 Å². The van der Waals surface area contributed by atoms with Crippen molar-refractivity contribution >= 4 is 21.7 Å². The number of primary sulfonamides is 1. The van der Waals surface area contributed by atoms with E-state index in [1.54, 1.807) is 24.3 Å². The highest BCUT2D eigenvalue weighted by molar-refractivity contribution is 7.89. The maximum Gasteiger partial charge on any atom is 0.354 e. The molecular formula is C13H15N3O4S. The quantitative estimate of drug-likeness (QED) is 0.715. The lowest BCUT2D eigenvalue weighted by atomic mass is 10.3. The summed E-state index contributed by atoms with van der Waals surface area (Å²) in [7, 11) is -2.42. The zero-order valence-corrected chi connectivity index (χ0v) is 12.1. The summed E-state index contributed by atoms with van der Waals surface area (Å²) < 4.78 is 27.1. The van der Waals surface area contributed by atoms with E-state index in [0.717, 1.165) is 5.69 Å². The van der Waals surface area contributed by atoms with E-state index in [4.69, 9.17) is 5.14 Å². The molecule has 0 amide bonds. The van der Waals surface area contributed by atoms with E-state index in [-0.39, 0.29) is 4.90 Å². The molecule has 0 saturated heterocycles. The SMILES string of the molecule is COC(=O)c1ccc(CNc2cccc(S(N)(=O)=O)c2)[nH]1. The number of aromatic nitrogens is 1. The number of anilines is 1. The van der Waals surface area contributed by atoms with Gasteiger partial charge in [-0.2, -0.15) is 0 Å². The number of carbonyl (C=O) groups excluding carboxylic acids is 1. The van der Waals surface area contributed by atoms with Crippen LogP contribution in [0.25, 0.3) is 0 Å². The number of nitrogens with two attached hydrogens (primary N) is 1. The van der Waals surface area contributed by atoms with Crippen molar-refractivity contribution in [2.75, 3.05) is 12.4 Å². The van der Waals surface area contributed by atoms with Crippen LogP contribution in [0, 0.1) is 0 Å². The van der Waals surface area contributed by atoms with Crippen molar-refractivity contribution in [3.05, 3.63) is 47.8 Å². The standard InChI is InChI=1S/C13H15N3O4S/c1-20-13(17)12-6-5-10(16-12)8-15-9-3-2-4-11(7-9)21(14,18)19/h2-7,15-16H,8H2,1H3,(H2,14,18,19). The highest BCUT2D eigenvalue weighted by Gasteiger charge is 2.09. The molecule has 0 aliphatic carbocycles. The molecule has 1 aromatic carbocycles. The van der Waals surface area contributed by atoms with Gasteiger partial charge in [0.25, 0.3) is 0 Å². The van der Waals surface area contributed by atoms with E-state index in [1.165, 1.54) is 19.2 Å². The summed E-state index contributed by atoms with van der Waals surface area (Å²) in [6.07, 6.45) is 0. The van der Waals surface area contributed by atoms with Gasteiger partial charge < -0.3 is 15.0 Å². The molecule has 2 aromatic rings. The van der Waals surface area contributed by atoms with Crippen molar-refractivity contribution < 1.29 is 17.9 Å². The lowest BCUT2D eigenvalue weighted by Crippen LogP contribution is -2.12. The minimum atomic E-state index is -3.73. The van der Waals surface area contributed by atoms with Crippen molar-refractivity contribution in [2.45, 2.75) is 11.4 Å². The van der Waals surface area contributed by atoms with Crippen molar-refractivity contribution in [1.29, 1.82) is 0 Å². The predicted molar refractivity (Wildman–Crippen MR) is 77.3 cm³/mol. The number of methoxy groups -OCH3 is 1. The Hall–Kier alpha value is -2.32. The van der Waals surface area contributed by atoms with Gasteiger partial charge in [-0.25, -0.2) is 18.4 Å². The molecule has 1 aromatic heterocycles. The zero-order valence-electron chi connectivity index (χ0n) is 11.3. The Bertz CT molecular complexity index is 752. The maximum absolute atomic E-state index is 11.3. The summed E-state index contributed by atoms with van der Waals surface area (Å²) >= 11 is 0. The summed E-state index contributed by atoms with van der Waals surface area (Å²) in [5.74, 6) is -0.447. The number of nitrogens with one attached hydrogen (secondary N) is 2. The summed E-state index contributed by atoms with van der Waals surface area (Å²) in [6, 6.07) is 9.53. The van der Waals surface area contributed by atoms with E-state index >= 15 is 0 Å². The first-order chi connectivity index (χ1) is 9.90. The topological polar surface area (TPSA) is 114 Å². The molecule has 0 aliphatic heterocycles. The number of rotatable bonds is 5. The Morgan fingerprint density at radius 1 is 1.33 bits per heavy atom.